The SMILES string of the molecule is CC(C)CCC[C@@H](C)[C@H]1CC[C@H]2[C@@H]3CC=C4C[C@@H](N(CC(=O)OC(C)(C)C)S(=O)(=O)c5ccccc5[N+](=O)[O-])CC[C@]4(C)[C@H]3CC[C@]12C. The molecular weight excluding hydrogens is 625 g/mol. The lowest BCUT2D eigenvalue weighted by atomic mass is 9.47. The molecule has 0 unspecified atom stereocenters. The molecule has 0 radical (unpaired) electrons. The average Bonchev–Trinajstić information content (AvgIpc) is 3.35. The third kappa shape index (κ3) is 7.15. The van der Waals surface area contributed by atoms with Crippen molar-refractivity contribution >= 4 is 21.7 Å². The van der Waals surface area contributed by atoms with Crippen LogP contribution in [0, 0.1) is 56.5 Å². The van der Waals surface area contributed by atoms with Crippen LogP contribution in [0.3, 0.4) is 0 Å². The number of sulfonamides is 1. The van der Waals surface area contributed by atoms with E-state index in [2.05, 4.69) is 40.7 Å². The zero-order valence-electron chi connectivity index (χ0n) is 30.7. The Morgan fingerprint density at radius 2 is 1.75 bits per heavy atom. The quantitative estimate of drug-likeness (QED) is 0.0995. The summed E-state index contributed by atoms with van der Waals surface area (Å²) in [5, 5.41) is 11.9. The zero-order chi connectivity index (χ0) is 35.2. The van der Waals surface area contributed by atoms with Crippen LogP contribution in [0.1, 0.15) is 126 Å². The smallest absolute Gasteiger partial charge is 0.321 e. The summed E-state index contributed by atoms with van der Waals surface area (Å²) in [5.41, 5.74) is 0.397. The summed E-state index contributed by atoms with van der Waals surface area (Å²) in [6, 6.07) is 4.93. The van der Waals surface area contributed by atoms with Crippen molar-refractivity contribution in [3.8, 4) is 0 Å². The first-order chi connectivity index (χ1) is 22.4. The summed E-state index contributed by atoms with van der Waals surface area (Å²) >= 11 is 0. The first-order valence-electron chi connectivity index (χ1n) is 18.5. The highest BCUT2D eigenvalue weighted by Crippen LogP contribution is 2.67. The van der Waals surface area contributed by atoms with Gasteiger partial charge >= 0.3 is 5.97 Å². The molecule has 5 rings (SSSR count). The van der Waals surface area contributed by atoms with E-state index in [1.807, 2.05) is 0 Å². The van der Waals surface area contributed by atoms with E-state index in [0.29, 0.717) is 30.1 Å². The Kier molecular flexibility index (Phi) is 10.6. The van der Waals surface area contributed by atoms with E-state index in [-0.39, 0.29) is 10.3 Å². The largest absolute Gasteiger partial charge is 0.459 e. The highest BCUT2D eigenvalue weighted by atomic mass is 32.2. The van der Waals surface area contributed by atoms with Crippen molar-refractivity contribution in [3.05, 3.63) is 46.0 Å². The third-order valence-corrected chi connectivity index (χ3v) is 15.0. The van der Waals surface area contributed by atoms with Gasteiger partial charge in [0, 0.05) is 12.1 Å². The maximum Gasteiger partial charge on any atom is 0.321 e. The van der Waals surface area contributed by atoms with Gasteiger partial charge in [0.1, 0.15) is 12.1 Å². The summed E-state index contributed by atoms with van der Waals surface area (Å²) < 4.78 is 35.3. The molecule has 0 aliphatic heterocycles. The van der Waals surface area contributed by atoms with Crippen LogP contribution in [0.25, 0.3) is 0 Å². The molecule has 1 aromatic rings. The lowest BCUT2D eigenvalue weighted by Crippen LogP contribution is -2.53. The molecule has 0 aromatic heterocycles. The topological polar surface area (TPSA) is 107 Å². The standard InChI is InChI=1S/C39H60N2O6S/c1-26(2)12-11-13-27(3)31-18-19-32-30-17-16-28-24-29(20-22-38(28,7)33(30)21-23-39(31,32)8)40(25-36(42)47-37(4,5)6)48(45,46)35-15-10-9-14-34(35)41(43)44/h9-10,14-16,26-27,29-33H,11-13,17-25H2,1-8H3/t27-,29+,30+,31-,32+,33+,38+,39-/m1/s1. The third-order valence-electron chi connectivity index (χ3n) is 13.0. The molecule has 4 aliphatic carbocycles. The molecule has 3 fully saturated rings. The predicted molar refractivity (Wildman–Crippen MR) is 190 cm³/mol. The van der Waals surface area contributed by atoms with Gasteiger partial charge in [-0.1, -0.05) is 77.7 Å². The van der Waals surface area contributed by atoms with E-state index >= 15 is 0 Å². The van der Waals surface area contributed by atoms with Crippen molar-refractivity contribution in [1.82, 2.24) is 4.31 Å². The molecule has 0 bridgehead atoms. The molecule has 0 amide bonds. The fourth-order valence-electron chi connectivity index (χ4n) is 10.8. The summed E-state index contributed by atoms with van der Waals surface area (Å²) in [6.45, 7) is 16.9. The highest BCUT2D eigenvalue weighted by molar-refractivity contribution is 7.89. The molecule has 4 aliphatic rings. The summed E-state index contributed by atoms with van der Waals surface area (Å²) in [6.07, 6.45) is 14.5. The monoisotopic (exact) mass is 684 g/mol. The Bertz CT molecular complexity index is 1500. The van der Waals surface area contributed by atoms with E-state index in [4.69, 9.17) is 4.74 Å². The van der Waals surface area contributed by atoms with Gasteiger partial charge in [0.25, 0.3) is 15.7 Å². The molecule has 3 saturated carbocycles. The van der Waals surface area contributed by atoms with Crippen LogP contribution < -0.4 is 0 Å². The molecule has 0 spiro atoms. The minimum atomic E-state index is -4.39. The lowest BCUT2D eigenvalue weighted by Gasteiger charge is -2.59. The highest BCUT2D eigenvalue weighted by Gasteiger charge is 2.59. The van der Waals surface area contributed by atoms with Crippen LogP contribution in [-0.2, 0) is 19.6 Å². The first-order valence-corrected chi connectivity index (χ1v) is 20.0. The van der Waals surface area contributed by atoms with Crippen LogP contribution in [0.15, 0.2) is 40.8 Å². The second-order valence-electron chi connectivity index (χ2n) is 17.5. The maximum absolute atomic E-state index is 14.3. The van der Waals surface area contributed by atoms with E-state index in [0.717, 1.165) is 36.5 Å². The summed E-state index contributed by atoms with van der Waals surface area (Å²) in [5.74, 6) is 3.60. The number of ether oxygens (including phenoxy) is 1. The number of nitro groups is 1. The first kappa shape index (κ1) is 37.0. The van der Waals surface area contributed by atoms with Crippen molar-refractivity contribution in [2.75, 3.05) is 6.54 Å². The van der Waals surface area contributed by atoms with Gasteiger partial charge in [-0.2, -0.15) is 4.31 Å². The van der Waals surface area contributed by atoms with E-state index in [1.165, 1.54) is 79.1 Å². The summed E-state index contributed by atoms with van der Waals surface area (Å²) in [4.78, 5) is 24.0. The van der Waals surface area contributed by atoms with Gasteiger partial charge in [-0.15, -0.1) is 0 Å². The number of benzene rings is 1. The van der Waals surface area contributed by atoms with Crippen LogP contribution in [0.2, 0.25) is 0 Å². The number of hydrogen-bond donors (Lipinski definition) is 0. The Hall–Kier alpha value is -2.26. The van der Waals surface area contributed by atoms with Crippen LogP contribution in [-0.4, -0.2) is 41.8 Å². The lowest BCUT2D eigenvalue weighted by molar-refractivity contribution is -0.387. The van der Waals surface area contributed by atoms with Crippen LogP contribution in [0.4, 0.5) is 5.69 Å². The number of esters is 1. The van der Waals surface area contributed by atoms with Gasteiger partial charge in [-0.25, -0.2) is 8.42 Å². The fourth-order valence-corrected chi connectivity index (χ4v) is 12.5. The molecule has 9 heteroatoms. The number of hydrogen-bond acceptors (Lipinski definition) is 6. The number of nitrogens with zero attached hydrogens (tertiary/aromatic N) is 2. The van der Waals surface area contributed by atoms with Crippen molar-refractivity contribution in [2.24, 2.45) is 46.3 Å². The van der Waals surface area contributed by atoms with Crippen molar-refractivity contribution in [1.29, 1.82) is 0 Å². The van der Waals surface area contributed by atoms with Crippen LogP contribution in [0.5, 0.6) is 0 Å². The molecule has 8 nitrogen and oxygen atoms in total. The second-order valence-corrected chi connectivity index (χ2v) is 19.4. The van der Waals surface area contributed by atoms with E-state index in [9.17, 15) is 23.3 Å². The second kappa shape index (κ2) is 13.8. The minimum Gasteiger partial charge on any atom is -0.459 e. The summed E-state index contributed by atoms with van der Waals surface area (Å²) in [7, 11) is -4.39. The van der Waals surface area contributed by atoms with Gasteiger partial charge in [0.2, 0.25) is 0 Å². The number of rotatable bonds is 11. The van der Waals surface area contributed by atoms with Gasteiger partial charge in [0.05, 0.1) is 4.92 Å². The molecule has 0 N–H and O–H groups in total. The molecule has 1 aromatic carbocycles. The van der Waals surface area contributed by atoms with E-state index in [1.54, 1.807) is 20.8 Å². The van der Waals surface area contributed by atoms with Gasteiger partial charge < -0.3 is 4.74 Å². The molecule has 268 valence electrons. The Morgan fingerprint density at radius 3 is 2.42 bits per heavy atom. The van der Waals surface area contributed by atoms with Crippen molar-refractivity contribution in [2.45, 2.75) is 143 Å². The van der Waals surface area contributed by atoms with Gasteiger partial charge in [-0.05, 0) is 125 Å². The van der Waals surface area contributed by atoms with Crippen molar-refractivity contribution < 1.29 is 22.9 Å². The molecule has 48 heavy (non-hydrogen) atoms. The van der Waals surface area contributed by atoms with Crippen molar-refractivity contribution in [3.63, 3.8) is 0 Å². The Labute approximate surface area is 289 Å². The molecule has 0 saturated heterocycles. The predicted octanol–water partition coefficient (Wildman–Crippen LogP) is 9.34. The maximum atomic E-state index is 14.3. The molecular formula is C39H60N2O6S. The fraction of sp³-hybridized carbons (Fsp3) is 0.769. The number of nitro benzene ring substituents is 1. The number of allylic oxidation sites excluding steroid dienone is 1. The Balaban J connectivity index is 1.39. The average molecular weight is 685 g/mol. The molecule has 0 heterocycles. The normalized spacial score (nSPS) is 32.6. The van der Waals surface area contributed by atoms with Crippen LogP contribution >= 0.6 is 0 Å². The number of carbonyl (C=O) groups is 1. The minimum absolute atomic E-state index is 0.0121. The van der Waals surface area contributed by atoms with Gasteiger partial charge in [0.15, 0.2) is 4.90 Å². The van der Waals surface area contributed by atoms with E-state index < -0.39 is 44.8 Å². The zero-order valence-corrected chi connectivity index (χ0v) is 31.5. The number of fused-ring (bicyclic) bond motifs is 5. The molecule has 8 atom stereocenters. The number of carbonyl (C=O) groups excluding carboxylic acids is 1. The van der Waals surface area contributed by atoms with Gasteiger partial charge in [-0.3, -0.25) is 14.9 Å². The Morgan fingerprint density at radius 1 is 1.04 bits per heavy atom. The number of para-hydroxylation sites is 1.